The molecular weight excluding hydrogens is 216 g/mol. The minimum Gasteiger partial charge on any atom is -0.317 e. The molecule has 1 N–H and O–H groups in total. The molecule has 2 fully saturated rings. The second kappa shape index (κ2) is 6.87. The fraction of sp³-hybridized carbons (Fsp3) is 1.00. The zero-order valence-corrected chi connectivity index (χ0v) is 11.4. The first-order chi connectivity index (χ1) is 7.90. The van der Waals surface area contributed by atoms with Crippen molar-refractivity contribution in [2.24, 2.45) is 5.92 Å². The van der Waals surface area contributed by atoms with Gasteiger partial charge in [-0.25, -0.2) is 0 Å². The smallest absolute Gasteiger partial charge is 0.0111 e. The van der Waals surface area contributed by atoms with Gasteiger partial charge in [-0.05, 0) is 69.3 Å². The van der Waals surface area contributed by atoms with E-state index in [9.17, 15) is 0 Å². The lowest BCUT2D eigenvalue weighted by molar-refractivity contribution is 0.125. The van der Waals surface area contributed by atoms with Crippen molar-refractivity contribution >= 4 is 11.8 Å². The van der Waals surface area contributed by atoms with Crippen molar-refractivity contribution in [3.63, 3.8) is 0 Å². The summed E-state index contributed by atoms with van der Waals surface area (Å²) in [7, 11) is 0. The highest BCUT2D eigenvalue weighted by Gasteiger charge is 2.25. The number of likely N-dealkylation sites (tertiary alicyclic amines) is 1. The Labute approximate surface area is 105 Å². The number of rotatable bonds is 4. The van der Waals surface area contributed by atoms with E-state index in [-0.39, 0.29) is 0 Å². The molecule has 2 aliphatic heterocycles. The predicted molar refractivity (Wildman–Crippen MR) is 73.2 cm³/mol. The molecule has 0 amide bonds. The number of thioether (sulfide) groups is 1. The van der Waals surface area contributed by atoms with E-state index in [0.717, 1.165) is 18.5 Å². The van der Waals surface area contributed by atoms with Gasteiger partial charge in [0.05, 0.1) is 0 Å². The largest absolute Gasteiger partial charge is 0.317 e. The van der Waals surface area contributed by atoms with Gasteiger partial charge in [0.15, 0.2) is 0 Å². The molecule has 16 heavy (non-hydrogen) atoms. The second-order valence-corrected chi connectivity index (χ2v) is 6.36. The molecule has 0 saturated carbocycles. The Morgan fingerprint density at radius 3 is 2.44 bits per heavy atom. The average molecular weight is 242 g/mol. The van der Waals surface area contributed by atoms with Gasteiger partial charge in [0.25, 0.3) is 0 Å². The number of hydrogen-bond donors (Lipinski definition) is 1. The Morgan fingerprint density at radius 2 is 1.81 bits per heavy atom. The van der Waals surface area contributed by atoms with E-state index in [1.807, 2.05) is 0 Å². The molecule has 2 nitrogen and oxygen atoms in total. The van der Waals surface area contributed by atoms with Crippen LogP contribution in [0.15, 0.2) is 0 Å². The molecule has 3 heteroatoms. The fourth-order valence-corrected chi connectivity index (χ4v) is 4.00. The van der Waals surface area contributed by atoms with Gasteiger partial charge in [0.1, 0.15) is 0 Å². The van der Waals surface area contributed by atoms with E-state index in [0.29, 0.717) is 0 Å². The van der Waals surface area contributed by atoms with Crippen LogP contribution >= 0.6 is 11.8 Å². The summed E-state index contributed by atoms with van der Waals surface area (Å²) in [4.78, 5) is 2.77. The van der Waals surface area contributed by atoms with Crippen LogP contribution in [0, 0.1) is 5.92 Å². The van der Waals surface area contributed by atoms with Crippen molar-refractivity contribution in [1.82, 2.24) is 10.2 Å². The average Bonchev–Trinajstić information content (AvgIpc) is 2.38. The molecule has 0 atom stereocenters. The van der Waals surface area contributed by atoms with Gasteiger partial charge in [0, 0.05) is 6.04 Å². The maximum absolute atomic E-state index is 3.49. The third kappa shape index (κ3) is 3.64. The molecular formula is C13H26N2S. The second-order valence-electron chi connectivity index (χ2n) is 5.13. The summed E-state index contributed by atoms with van der Waals surface area (Å²) in [5.41, 5.74) is 0. The van der Waals surface area contributed by atoms with Crippen LogP contribution in [0.3, 0.4) is 0 Å². The van der Waals surface area contributed by atoms with Gasteiger partial charge in [0.2, 0.25) is 0 Å². The quantitative estimate of drug-likeness (QED) is 0.814. The predicted octanol–water partition coefficient (Wildman–Crippen LogP) is 2.20. The van der Waals surface area contributed by atoms with Crippen molar-refractivity contribution in [3.8, 4) is 0 Å². The van der Waals surface area contributed by atoms with Crippen LogP contribution < -0.4 is 5.32 Å². The molecule has 0 aliphatic carbocycles. The van der Waals surface area contributed by atoms with Gasteiger partial charge in [-0.3, -0.25) is 0 Å². The zero-order valence-electron chi connectivity index (χ0n) is 10.6. The van der Waals surface area contributed by atoms with E-state index >= 15 is 0 Å². The summed E-state index contributed by atoms with van der Waals surface area (Å²) in [6, 6.07) is 0.918. The molecule has 94 valence electrons. The van der Waals surface area contributed by atoms with Gasteiger partial charge in [-0.1, -0.05) is 6.92 Å². The molecule has 0 aromatic heterocycles. The molecule has 0 unspecified atom stereocenters. The summed E-state index contributed by atoms with van der Waals surface area (Å²) in [5, 5.41) is 3.49. The number of hydrogen-bond acceptors (Lipinski definition) is 3. The molecule has 2 aliphatic rings. The van der Waals surface area contributed by atoms with Crippen molar-refractivity contribution in [3.05, 3.63) is 0 Å². The van der Waals surface area contributed by atoms with Crippen LogP contribution in [0.1, 0.15) is 32.6 Å². The molecule has 0 aromatic carbocycles. The van der Waals surface area contributed by atoms with E-state index < -0.39 is 0 Å². The fourth-order valence-electron chi connectivity index (χ4n) is 2.92. The lowest BCUT2D eigenvalue weighted by Crippen LogP contribution is -2.44. The van der Waals surface area contributed by atoms with Gasteiger partial charge in [-0.2, -0.15) is 11.8 Å². The van der Waals surface area contributed by atoms with Crippen LogP contribution in [0.4, 0.5) is 0 Å². The Bertz CT molecular complexity index is 184. The van der Waals surface area contributed by atoms with Crippen molar-refractivity contribution in [2.45, 2.75) is 38.6 Å². The van der Waals surface area contributed by atoms with Crippen LogP contribution in [-0.4, -0.2) is 48.6 Å². The first-order valence-corrected chi connectivity index (χ1v) is 8.08. The van der Waals surface area contributed by atoms with Crippen LogP contribution in [-0.2, 0) is 0 Å². The third-order valence-electron chi connectivity index (χ3n) is 4.04. The number of nitrogens with one attached hydrogen (secondary N) is 1. The standard InChI is InChI=1S/C13H26N2S/c1-2-14-11-12-3-7-15(8-4-12)13-5-9-16-10-6-13/h12-14H,2-11H2,1H3. The van der Waals surface area contributed by atoms with E-state index in [2.05, 4.69) is 28.9 Å². The summed E-state index contributed by atoms with van der Waals surface area (Å²) in [6.45, 7) is 7.27. The molecule has 2 rings (SSSR count). The third-order valence-corrected chi connectivity index (χ3v) is 5.09. The Morgan fingerprint density at radius 1 is 1.12 bits per heavy atom. The maximum atomic E-state index is 3.49. The molecule has 0 radical (unpaired) electrons. The normalized spacial score (nSPS) is 26.1. The summed E-state index contributed by atoms with van der Waals surface area (Å²) in [6.07, 6.45) is 5.69. The Kier molecular flexibility index (Phi) is 5.46. The van der Waals surface area contributed by atoms with Gasteiger partial charge < -0.3 is 10.2 Å². The van der Waals surface area contributed by atoms with E-state index in [1.54, 1.807) is 0 Å². The van der Waals surface area contributed by atoms with Crippen LogP contribution in [0.25, 0.3) is 0 Å². The van der Waals surface area contributed by atoms with Crippen molar-refractivity contribution in [2.75, 3.05) is 37.7 Å². The minimum atomic E-state index is 0.918. The lowest BCUT2D eigenvalue weighted by Gasteiger charge is -2.39. The lowest BCUT2D eigenvalue weighted by atomic mass is 9.94. The number of nitrogens with zero attached hydrogens (tertiary/aromatic N) is 1. The highest BCUT2D eigenvalue weighted by Crippen LogP contribution is 2.26. The monoisotopic (exact) mass is 242 g/mol. The first-order valence-electron chi connectivity index (χ1n) is 6.92. The highest BCUT2D eigenvalue weighted by atomic mass is 32.2. The van der Waals surface area contributed by atoms with Gasteiger partial charge in [-0.15, -0.1) is 0 Å². The number of piperidine rings is 1. The molecule has 2 heterocycles. The first kappa shape index (κ1) is 12.7. The molecule has 0 bridgehead atoms. The Hall–Kier alpha value is 0.270. The zero-order chi connectivity index (χ0) is 11.2. The van der Waals surface area contributed by atoms with E-state index in [1.165, 1.54) is 56.8 Å². The Balaban J connectivity index is 1.67. The molecule has 0 spiro atoms. The van der Waals surface area contributed by atoms with Crippen LogP contribution in [0.5, 0.6) is 0 Å². The van der Waals surface area contributed by atoms with E-state index in [4.69, 9.17) is 0 Å². The summed E-state index contributed by atoms with van der Waals surface area (Å²) in [5.74, 6) is 3.72. The van der Waals surface area contributed by atoms with Crippen molar-refractivity contribution in [1.29, 1.82) is 0 Å². The SMILES string of the molecule is CCNCC1CCN(C2CCSCC2)CC1. The van der Waals surface area contributed by atoms with Crippen LogP contribution in [0.2, 0.25) is 0 Å². The van der Waals surface area contributed by atoms with Crippen molar-refractivity contribution < 1.29 is 0 Å². The topological polar surface area (TPSA) is 15.3 Å². The highest BCUT2D eigenvalue weighted by molar-refractivity contribution is 7.99. The van der Waals surface area contributed by atoms with Gasteiger partial charge >= 0.3 is 0 Å². The summed E-state index contributed by atoms with van der Waals surface area (Å²) >= 11 is 2.14. The molecule has 2 saturated heterocycles. The summed E-state index contributed by atoms with van der Waals surface area (Å²) < 4.78 is 0. The maximum Gasteiger partial charge on any atom is 0.0111 e. The minimum absolute atomic E-state index is 0.918. The molecule has 0 aromatic rings.